The Kier molecular flexibility index (Phi) is 6.71. The summed E-state index contributed by atoms with van der Waals surface area (Å²) in [7, 11) is 0.963. The first-order chi connectivity index (χ1) is 11.3. The Morgan fingerprint density at radius 1 is 1.33 bits per heavy atom. The van der Waals surface area contributed by atoms with Gasteiger partial charge < -0.3 is 15.4 Å². The van der Waals surface area contributed by atoms with Gasteiger partial charge in [0.25, 0.3) is 0 Å². The van der Waals surface area contributed by atoms with Gasteiger partial charge in [0.2, 0.25) is 0 Å². The van der Waals surface area contributed by atoms with Crippen LogP contribution in [0.15, 0.2) is 4.99 Å². The molecule has 2 N–H and O–H groups in total. The number of ether oxygens (including phenoxy) is 1. The molecule has 2 aliphatic rings. The van der Waals surface area contributed by atoms with E-state index in [9.17, 15) is 4.21 Å². The molecule has 0 aromatic rings. The van der Waals surface area contributed by atoms with E-state index in [1.165, 1.54) is 25.7 Å². The summed E-state index contributed by atoms with van der Waals surface area (Å²) in [6.07, 6.45) is 6.56. The molecule has 6 heteroatoms. The smallest absolute Gasteiger partial charge is 0.191 e. The van der Waals surface area contributed by atoms with Crippen LogP contribution in [0, 0.1) is 5.41 Å². The van der Waals surface area contributed by atoms with Crippen molar-refractivity contribution in [2.24, 2.45) is 10.4 Å². The number of nitrogens with zero attached hydrogens (tertiary/aromatic N) is 1. The highest BCUT2D eigenvalue weighted by Gasteiger charge is 2.56. The van der Waals surface area contributed by atoms with Crippen LogP contribution in [0.1, 0.15) is 59.8 Å². The van der Waals surface area contributed by atoms with Gasteiger partial charge in [-0.1, -0.05) is 12.8 Å². The van der Waals surface area contributed by atoms with Gasteiger partial charge in [-0.2, -0.15) is 0 Å². The number of rotatable bonds is 6. The summed E-state index contributed by atoms with van der Waals surface area (Å²) in [5.41, 5.74) is 0.294. The molecule has 3 unspecified atom stereocenters. The molecule has 0 heterocycles. The van der Waals surface area contributed by atoms with E-state index in [-0.39, 0.29) is 4.75 Å². The van der Waals surface area contributed by atoms with Crippen molar-refractivity contribution in [2.45, 2.75) is 76.7 Å². The van der Waals surface area contributed by atoms with Crippen LogP contribution in [-0.4, -0.2) is 53.0 Å². The summed E-state index contributed by atoms with van der Waals surface area (Å²) in [6, 6.07) is 0.441. The maximum absolute atomic E-state index is 12.1. The van der Waals surface area contributed by atoms with Crippen molar-refractivity contribution >= 4 is 16.8 Å². The number of hydrogen-bond donors (Lipinski definition) is 2. The van der Waals surface area contributed by atoms with Gasteiger partial charge in [-0.15, -0.1) is 0 Å². The number of aliphatic imine (C=N–C) groups is 1. The molecule has 2 saturated carbocycles. The van der Waals surface area contributed by atoms with Gasteiger partial charge in [-0.3, -0.25) is 9.20 Å². The average molecular weight is 358 g/mol. The predicted octanol–water partition coefficient (Wildman–Crippen LogP) is 2.44. The van der Waals surface area contributed by atoms with Gasteiger partial charge >= 0.3 is 0 Å². The summed E-state index contributed by atoms with van der Waals surface area (Å²) >= 11 is 0. The Hall–Kier alpha value is -0.620. The van der Waals surface area contributed by atoms with Gasteiger partial charge in [0, 0.05) is 53.0 Å². The quantitative estimate of drug-likeness (QED) is 0.566. The molecule has 5 nitrogen and oxygen atoms in total. The van der Waals surface area contributed by atoms with Crippen LogP contribution >= 0.6 is 0 Å². The first kappa shape index (κ1) is 19.7. The molecule has 0 aliphatic heterocycles. The minimum atomic E-state index is -0.838. The van der Waals surface area contributed by atoms with E-state index in [4.69, 9.17) is 4.74 Å². The number of nitrogens with one attached hydrogen (secondary N) is 2. The lowest BCUT2D eigenvalue weighted by atomic mass is 9.60. The Morgan fingerprint density at radius 3 is 2.54 bits per heavy atom. The Bertz CT molecular complexity index is 467. The summed E-state index contributed by atoms with van der Waals surface area (Å²) < 4.78 is 17.9. The Labute approximate surface area is 149 Å². The van der Waals surface area contributed by atoms with Gasteiger partial charge in [0.05, 0.1) is 6.10 Å². The third-order valence-electron chi connectivity index (χ3n) is 5.48. The minimum absolute atomic E-state index is 0.161. The first-order valence-corrected chi connectivity index (χ1v) is 10.6. The molecule has 140 valence electrons. The third-order valence-corrected chi connectivity index (χ3v) is 7.43. The van der Waals surface area contributed by atoms with Crippen molar-refractivity contribution in [3.05, 3.63) is 0 Å². The van der Waals surface area contributed by atoms with Crippen LogP contribution in [0.5, 0.6) is 0 Å². The van der Waals surface area contributed by atoms with Gasteiger partial charge in [-0.05, 0) is 47.0 Å². The van der Waals surface area contributed by atoms with Crippen LogP contribution in [-0.2, 0) is 15.5 Å². The number of hydrogen-bond acceptors (Lipinski definition) is 3. The molecule has 2 aliphatic carbocycles. The fourth-order valence-electron chi connectivity index (χ4n) is 4.02. The molecular weight excluding hydrogens is 322 g/mol. The lowest BCUT2D eigenvalue weighted by Gasteiger charge is -2.54. The fraction of sp³-hybridized carbons (Fsp3) is 0.944. The second-order valence-corrected chi connectivity index (χ2v) is 10.3. The van der Waals surface area contributed by atoms with Gasteiger partial charge in [0.1, 0.15) is 0 Å². The molecule has 0 aromatic heterocycles. The molecule has 2 fully saturated rings. The lowest BCUT2D eigenvalue weighted by molar-refractivity contribution is -0.125. The van der Waals surface area contributed by atoms with E-state index < -0.39 is 10.8 Å². The molecular formula is C18H35N3O2S. The summed E-state index contributed by atoms with van der Waals surface area (Å²) in [4.78, 5) is 4.35. The molecule has 0 aromatic carbocycles. The number of guanidine groups is 1. The van der Waals surface area contributed by atoms with Crippen LogP contribution in [0.4, 0.5) is 0 Å². The minimum Gasteiger partial charge on any atom is -0.378 e. The summed E-state index contributed by atoms with van der Waals surface area (Å²) in [5, 5.41) is 6.93. The lowest BCUT2D eigenvalue weighted by Crippen LogP contribution is -2.65. The first-order valence-electron chi connectivity index (χ1n) is 9.30. The van der Waals surface area contributed by atoms with E-state index in [0.29, 0.717) is 29.9 Å². The molecule has 3 atom stereocenters. The second kappa shape index (κ2) is 8.17. The monoisotopic (exact) mass is 357 g/mol. The highest BCUT2D eigenvalue weighted by molar-refractivity contribution is 7.86. The summed E-state index contributed by atoms with van der Waals surface area (Å²) in [6.45, 7) is 9.61. The predicted molar refractivity (Wildman–Crippen MR) is 102 cm³/mol. The van der Waals surface area contributed by atoms with Crippen molar-refractivity contribution < 1.29 is 8.95 Å². The van der Waals surface area contributed by atoms with Crippen molar-refractivity contribution in [3.63, 3.8) is 0 Å². The van der Waals surface area contributed by atoms with Crippen molar-refractivity contribution in [1.29, 1.82) is 0 Å². The van der Waals surface area contributed by atoms with Crippen LogP contribution in [0.3, 0.4) is 0 Å². The van der Waals surface area contributed by atoms with Gasteiger partial charge in [0.15, 0.2) is 5.96 Å². The van der Waals surface area contributed by atoms with Crippen molar-refractivity contribution in [2.75, 3.05) is 26.0 Å². The topological polar surface area (TPSA) is 62.7 Å². The summed E-state index contributed by atoms with van der Waals surface area (Å²) in [5.74, 6) is 1.47. The maximum Gasteiger partial charge on any atom is 0.191 e. The van der Waals surface area contributed by atoms with Crippen LogP contribution in [0.25, 0.3) is 0 Å². The van der Waals surface area contributed by atoms with Crippen LogP contribution in [0.2, 0.25) is 0 Å². The largest absolute Gasteiger partial charge is 0.378 e. The molecule has 0 bridgehead atoms. The average Bonchev–Trinajstić information content (AvgIpc) is 3.03. The molecule has 0 radical (unpaired) electrons. The van der Waals surface area contributed by atoms with Gasteiger partial charge in [-0.25, -0.2) is 0 Å². The standard InChI is InChI=1S/C18H35N3O2S/c1-6-23-15-13-14(18(15)9-7-8-10-18)21-16(19-5)20-11-12-24(22)17(2,3)4/h14-15H,6-13H2,1-5H3,(H2,19,20,21). The third kappa shape index (κ3) is 4.31. The second-order valence-electron chi connectivity index (χ2n) is 7.98. The highest BCUT2D eigenvalue weighted by atomic mass is 32.2. The zero-order chi connectivity index (χ0) is 17.8. The SMILES string of the molecule is CCOC1CC(NC(=NC)NCCS(=O)C(C)(C)C)C12CCCC2. The molecule has 0 amide bonds. The normalized spacial score (nSPS) is 27.8. The Morgan fingerprint density at radius 2 is 2.00 bits per heavy atom. The van der Waals surface area contributed by atoms with Crippen LogP contribution < -0.4 is 10.6 Å². The van der Waals surface area contributed by atoms with E-state index >= 15 is 0 Å². The van der Waals surface area contributed by atoms with E-state index in [1.807, 2.05) is 20.8 Å². The molecule has 2 rings (SSSR count). The molecule has 1 spiro atoms. The molecule has 24 heavy (non-hydrogen) atoms. The zero-order valence-electron chi connectivity index (χ0n) is 16.0. The highest BCUT2D eigenvalue weighted by Crippen LogP contribution is 2.54. The maximum atomic E-state index is 12.1. The zero-order valence-corrected chi connectivity index (χ0v) is 16.8. The van der Waals surface area contributed by atoms with Crippen molar-refractivity contribution in [3.8, 4) is 0 Å². The fourth-order valence-corrected chi connectivity index (χ4v) is 4.92. The van der Waals surface area contributed by atoms with E-state index in [0.717, 1.165) is 19.0 Å². The van der Waals surface area contributed by atoms with E-state index in [2.05, 4.69) is 22.5 Å². The van der Waals surface area contributed by atoms with Crippen molar-refractivity contribution in [1.82, 2.24) is 10.6 Å². The Balaban J connectivity index is 1.84. The van der Waals surface area contributed by atoms with E-state index in [1.54, 1.807) is 7.05 Å². The molecule has 0 saturated heterocycles.